The molecule has 0 aliphatic carbocycles. The number of halogens is 1. The van der Waals surface area contributed by atoms with E-state index < -0.39 is 5.97 Å². The summed E-state index contributed by atoms with van der Waals surface area (Å²) in [5.41, 5.74) is 0.739. The highest BCUT2D eigenvalue weighted by molar-refractivity contribution is 7.14. The molecule has 0 bridgehead atoms. The van der Waals surface area contributed by atoms with Crippen molar-refractivity contribution in [3.8, 4) is 10.7 Å². The van der Waals surface area contributed by atoms with Crippen molar-refractivity contribution in [2.45, 2.75) is 5.88 Å². The molecule has 0 atom stereocenters. The molecule has 0 saturated carbocycles. The van der Waals surface area contributed by atoms with Gasteiger partial charge in [0, 0.05) is 10.8 Å². The van der Waals surface area contributed by atoms with Crippen LogP contribution in [0.1, 0.15) is 15.5 Å². The number of hydrogen-bond donors (Lipinski definition) is 2. The summed E-state index contributed by atoms with van der Waals surface area (Å²) in [4.78, 5) is 18.8. The Morgan fingerprint density at radius 2 is 2.12 bits per heavy atom. The summed E-state index contributed by atoms with van der Waals surface area (Å²) in [7, 11) is 0. The fourth-order valence-electron chi connectivity index (χ4n) is 0.960. The first-order valence-electron chi connectivity index (χ1n) is 3.90. The molecule has 2 aromatic rings. The van der Waals surface area contributed by atoms with Crippen LogP contribution < -0.4 is 6.15 Å². The van der Waals surface area contributed by atoms with Crippen LogP contribution >= 0.6 is 34.3 Å². The number of thiazole rings is 2. The maximum atomic E-state index is 10.6. The third-order valence-electron chi connectivity index (χ3n) is 1.61. The number of alkyl halides is 1. The number of nitrogens with zero attached hydrogens (tertiary/aromatic N) is 2. The van der Waals surface area contributed by atoms with Crippen LogP contribution in [0.15, 0.2) is 10.8 Å². The summed E-state index contributed by atoms with van der Waals surface area (Å²) in [5, 5.41) is 13.4. The minimum absolute atomic E-state index is 0. The summed E-state index contributed by atoms with van der Waals surface area (Å²) < 4.78 is 0. The van der Waals surface area contributed by atoms with E-state index in [1.54, 1.807) is 0 Å². The van der Waals surface area contributed by atoms with Crippen LogP contribution in [0.2, 0.25) is 0 Å². The Labute approximate surface area is 104 Å². The standard InChI is InChI=1S/C8H5ClN2O2S2.H3N/c9-1-6-10-4(2-14-6)7-11-5(3-15-7)8(12)13;/h2-3H,1H2,(H,12,13);1H3. The summed E-state index contributed by atoms with van der Waals surface area (Å²) in [6.07, 6.45) is 0. The molecule has 0 radical (unpaired) electrons. The molecule has 0 aromatic carbocycles. The predicted octanol–water partition coefficient (Wildman–Crippen LogP) is 2.87. The number of carboxylic acid groups (broad SMARTS) is 1. The van der Waals surface area contributed by atoms with Crippen LogP contribution in [0, 0.1) is 0 Å². The number of carbonyl (C=O) groups is 1. The van der Waals surface area contributed by atoms with Crippen molar-refractivity contribution >= 4 is 40.2 Å². The van der Waals surface area contributed by atoms with Crippen molar-refractivity contribution in [2.75, 3.05) is 0 Å². The molecule has 2 heterocycles. The molecule has 8 heteroatoms. The molecule has 0 aliphatic rings. The molecule has 16 heavy (non-hydrogen) atoms. The van der Waals surface area contributed by atoms with Crippen LogP contribution in [0.25, 0.3) is 10.7 Å². The SMILES string of the molecule is N.O=C(O)c1csc(-c2csc(CCl)n2)n1. The van der Waals surface area contributed by atoms with Crippen molar-refractivity contribution in [1.29, 1.82) is 0 Å². The molecular weight excluding hydrogens is 270 g/mol. The zero-order valence-electron chi connectivity index (χ0n) is 8.01. The van der Waals surface area contributed by atoms with Gasteiger partial charge in [0.25, 0.3) is 0 Å². The lowest BCUT2D eigenvalue weighted by atomic mass is 10.5. The fourth-order valence-corrected chi connectivity index (χ4v) is 2.66. The average molecular weight is 278 g/mol. The summed E-state index contributed by atoms with van der Waals surface area (Å²) >= 11 is 8.32. The normalized spacial score (nSPS) is 9.81. The number of aromatic nitrogens is 2. The quantitative estimate of drug-likeness (QED) is 0.841. The number of aromatic carboxylic acids is 1. The van der Waals surface area contributed by atoms with Gasteiger partial charge in [0.1, 0.15) is 15.7 Å². The molecule has 0 aliphatic heterocycles. The topological polar surface area (TPSA) is 98.1 Å². The van der Waals surface area contributed by atoms with Crippen LogP contribution in [0.3, 0.4) is 0 Å². The zero-order chi connectivity index (χ0) is 10.8. The van der Waals surface area contributed by atoms with Gasteiger partial charge in [-0.25, -0.2) is 14.8 Å². The van der Waals surface area contributed by atoms with Crippen molar-refractivity contribution in [1.82, 2.24) is 16.1 Å². The van der Waals surface area contributed by atoms with E-state index in [0.29, 0.717) is 16.6 Å². The molecule has 4 N–H and O–H groups in total. The van der Waals surface area contributed by atoms with E-state index in [4.69, 9.17) is 16.7 Å². The van der Waals surface area contributed by atoms with Gasteiger partial charge in [-0.2, -0.15) is 0 Å². The Kier molecular flexibility index (Phi) is 4.36. The molecule has 0 saturated heterocycles. The second-order valence-corrected chi connectivity index (χ2v) is 4.67. The van der Waals surface area contributed by atoms with E-state index >= 15 is 0 Å². The van der Waals surface area contributed by atoms with E-state index in [-0.39, 0.29) is 11.8 Å². The van der Waals surface area contributed by atoms with Gasteiger partial charge in [-0.3, -0.25) is 0 Å². The Bertz CT molecular complexity index is 497. The largest absolute Gasteiger partial charge is 0.476 e. The van der Waals surface area contributed by atoms with Crippen molar-refractivity contribution in [3.63, 3.8) is 0 Å². The molecule has 5 nitrogen and oxygen atoms in total. The lowest BCUT2D eigenvalue weighted by molar-refractivity contribution is 0.0691. The second-order valence-electron chi connectivity index (χ2n) is 2.60. The molecule has 2 rings (SSSR count). The molecule has 0 fully saturated rings. The minimum Gasteiger partial charge on any atom is -0.476 e. The molecule has 0 spiro atoms. The Hall–Kier alpha value is -1.02. The maximum Gasteiger partial charge on any atom is 0.355 e. The number of hydrogen-bond acceptors (Lipinski definition) is 6. The summed E-state index contributed by atoms with van der Waals surface area (Å²) in [5.74, 6) is -0.660. The van der Waals surface area contributed by atoms with Gasteiger partial charge in [-0.1, -0.05) is 0 Å². The highest BCUT2D eigenvalue weighted by atomic mass is 35.5. The molecule has 86 valence electrons. The van der Waals surface area contributed by atoms with Crippen LogP contribution in [0.5, 0.6) is 0 Å². The van der Waals surface area contributed by atoms with Gasteiger partial charge in [-0.05, 0) is 0 Å². The summed E-state index contributed by atoms with van der Waals surface area (Å²) in [6, 6.07) is 0. The van der Waals surface area contributed by atoms with Crippen molar-refractivity contribution in [3.05, 3.63) is 21.5 Å². The number of rotatable bonds is 3. The Morgan fingerprint density at radius 3 is 2.62 bits per heavy atom. The first kappa shape index (κ1) is 13.0. The lowest BCUT2D eigenvalue weighted by Crippen LogP contribution is -1.95. The van der Waals surface area contributed by atoms with Crippen LogP contribution in [0.4, 0.5) is 0 Å². The minimum atomic E-state index is -1.02. The van der Waals surface area contributed by atoms with E-state index in [9.17, 15) is 4.79 Å². The van der Waals surface area contributed by atoms with Gasteiger partial charge >= 0.3 is 5.97 Å². The molecule has 0 amide bonds. The molecule has 0 unspecified atom stereocenters. The third-order valence-corrected chi connectivity index (χ3v) is 3.73. The summed E-state index contributed by atoms with van der Waals surface area (Å²) in [6.45, 7) is 0. The maximum absolute atomic E-state index is 10.6. The smallest absolute Gasteiger partial charge is 0.355 e. The first-order valence-corrected chi connectivity index (χ1v) is 6.19. The van der Waals surface area contributed by atoms with E-state index in [0.717, 1.165) is 5.01 Å². The van der Waals surface area contributed by atoms with Gasteiger partial charge in [0.05, 0.1) is 5.88 Å². The van der Waals surface area contributed by atoms with Crippen molar-refractivity contribution in [2.24, 2.45) is 0 Å². The van der Waals surface area contributed by atoms with E-state index in [2.05, 4.69) is 9.97 Å². The highest BCUT2D eigenvalue weighted by Crippen LogP contribution is 2.25. The van der Waals surface area contributed by atoms with Crippen LogP contribution in [-0.4, -0.2) is 21.0 Å². The number of carboxylic acids is 1. The van der Waals surface area contributed by atoms with Gasteiger partial charge in [0.15, 0.2) is 5.69 Å². The molecular formula is C8H8ClN3O2S2. The monoisotopic (exact) mass is 277 g/mol. The molecule has 2 aromatic heterocycles. The van der Waals surface area contributed by atoms with Gasteiger partial charge in [-0.15, -0.1) is 34.3 Å². The lowest BCUT2D eigenvalue weighted by Gasteiger charge is -1.86. The third kappa shape index (κ3) is 2.56. The average Bonchev–Trinajstić information content (AvgIpc) is 2.86. The fraction of sp³-hybridized carbons (Fsp3) is 0.125. The predicted molar refractivity (Wildman–Crippen MR) is 64.8 cm³/mol. The van der Waals surface area contributed by atoms with Gasteiger partial charge in [0.2, 0.25) is 0 Å². The van der Waals surface area contributed by atoms with Crippen molar-refractivity contribution < 1.29 is 9.90 Å². The second kappa shape index (κ2) is 5.35. The first-order chi connectivity index (χ1) is 7.20. The van der Waals surface area contributed by atoms with Gasteiger partial charge < -0.3 is 11.3 Å². The highest BCUT2D eigenvalue weighted by Gasteiger charge is 2.12. The Morgan fingerprint density at radius 1 is 1.38 bits per heavy atom. The zero-order valence-corrected chi connectivity index (χ0v) is 10.4. The van der Waals surface area contributed by atoms with E-state index in [1.807, 2.05) is 5.38 Å². The van der Waals surface area contributed by atoms with E-state index in [1.165, 1.54) is 28.1 Å². The van der Waals surface area contributed by atoms with Crippen LogP contribution in [-0.2, 0) is 5.88 Å². The Balaban J connectivity index is 0.00000128.